The molecule has 142 valence electrons. The molecule has 0 aliphatic heterocycles. The largest absolute Gasteiger partial charge is 0.489 e. The predicted molar refractivity (Wildman–Crippen MR) is 116 cm³/mol. The third-order valence-corrected chi connectivity index (χ3v) is 4.18. The van der Waals surface area contributed by atoms with Crippen LogP contribution in [0, 0.1) is 0 Å². The van der Waals surface area contributed by atoms with Crippen LogP contribution >= 0.6 is 0 Å². The summed E-state index contributed by atoms with van der Waals surface area (Å²) in [6.07, 6.45) is 3.30. The van der Waals surface area contributed by atoms with Crippen LogP contribution in [0.3, 0.4) is 0 Å². The number of hydrogen-bond acceptors (Lipinski definition) is 3. The van der Waals surface area contributed by atoms with Crippen molar-refractivity contribution in [2.75, 3.05) is 24.3 Å². The first-order valence-corrected chi connectivity index (χ1v) is 9.13. The Balaban J connectivity index is 1.56. The van der Waals surface area contributed by atoms with E-state index in [1.165, 1.54) is 6.08 Å². The van der Waals surface area contributed by atoms with E-state index in [0.29, 0.717) is 6.61 Å². The van der Waals surface area contributed by atoms with Gasteiger partial charge >= 0.3 is 0 Å². The maximum atomic E-state index is 12.2. The summed E-state index contributed by atoms with van der Waals surface area (Å²) in [5.74, 6) is 0.596. The number of ether oxygens (including phenoxy) is 1. The molecule has 1 amide bonds. The quantitative estimate of drug-likeness (QED) is 0.595. The smallest absolute Gasteiger partial charge is 0.248 e. The Morgan fingerprint density at radius 1 is 0.964 bits per heavy atom. The number of carbonyl (C=O) groups excluding carboxylic acids is 1. The topological polar surface area (TPSA) is 41.6 Å². The van der Waals surface area contributed by atoms with Crippen molar-refractivity contribution < 1.29 is 9.53 Å². The summed E-state index contributed by atoms with van der Waals surface area (Å²) < 4.78 is 5.83. The van der Waals surface area contributed by atoms with E-state index in [-0.39, 0.29) is 5.91 Å². The van der Waals surface area contributed by atoms with Gasteiger partial charge in [-0.2, -0.15) is 0 Å². The SMILES string of the molecule is CN(C)c1ccc(NC(=O)/C=C/c2cccc(OCc3ccccc3)c2)cc1. The van der Waals surface area contributed by atoms with Crippen molar-refractivity contribution in [1.82, 2.24) is 0 Å². The molecule has 1 N–H and O–H groups in total. The number of carbonyl (C=O) groups is 1. The van der Waals surface area contributed by atoms with Crippen molar-refractivity contribution >= 4 is 23.4 Å². The minimum absolute atomic E-state index is 0.173. The summed E-state index contributed by atoms with van der Waals surface area (Å²) in [6.45, 7) is 0.511. The molecule has 0 unspecified atom stereocenters. The standard InChI is InChI=1S/C24H24N2O2/c1-26(2)22-14-12-21(13-15-22)25-24(27)16-11-19-9-6-10-23(17-19)28-18-20-7-4-3-5-8-20/h3-17H,18H2,1-2H3,(H,25,27)/b16-11+. The van der Waals surface area contributed by atoms with E-state index in [0.717, 1.165) is 28.3 Å². The van der Waals surface area contributed by atoms with E-state index >= 15 is 0 Å². The molecular formula is C24H24N2O2. The van der Waals surface area contributed by atoms with Gasteiger partial charge < -0.3 is 15.0 Å². The Kier molecular flexibility index (Phi) is 6.47. The van der Waals surface area contributed by atoms with E-state index in [9.17, 15) is 4.79 Å². The Labute approximate surface area is 166 Å². The van der Waals surface area contributed by atoms with Gasteiger partial charge in [-0.15, -0.1) is 0 Å². The highest BCUT2D eigenvalue weighted by Gasteiger charge is 2.01. The fourth-order valence-electron chi connectivity index (χ4n) is 2.65. The highest BCUT2D eigenvalue weighted by molar-refractivity contribution is 6.02. The monoisotopic (exact) mass is 372 g/mol. The van der Waals surface area contributed by atoms with Gasteiger partial charge in [0.05, 0.1) is 0 Å². The van der Waals surface area contributed by atoms with Crippen LogP contribution in [0.5, 0.6) is 5.75 Å². The molecule has 0 fully saturated rings. The first-order valence-electron chi connectivity index (χ1n) is 9.13. The highest BCUT2D eigenvalue weighted by atomic mass is 16.5. The molecule has 0 aliphatic carbocycles. The van der Waals surface area contributed by atoms with Gasteiger partial charge in [0.1, 0.15) is 12.4 Å². The van der Waals surface area contributed by atoms with Crippen molar-refractivity contribution in [3.63, 3.8) is 0 Å². The molecule has 28 heavy (non-hydrogen) atoms. The van der Waals surface area contributed by atoms with Gasteiger partial charge in [-0.1, -0.05) is 42.5 Å². The van der Waals surface area contributed by atoms with Gasteiger partial charge in [0.15, 0.2) is 0 Å². The van der Waals surface area contributed by atoms with Crippen LogP contribution in [0.25, 0.3) is 6.08 Å². The summed E-state index contributed by atoms with van der Waals surface area (Å²) in [5.41, 5.74) is 3.87. The normalized spacial score (nSPS) is 10.6. The summed E-state index contributed by atoms with van der Waals surface area (Å²) in [4.78, 5) is 14.2. The van der Waals surface area contributed by atoms with Gasteiger partial charge in [-0.25, -0.2) is 0 Å². The van der Waals surface area contributed by atoms with Crippen molar-refractivity contribution in [1.29, 1.82) is 0 Å². The van der Waals surface area contributed by atoms with E-state index in [1.54, 1.807) is 6.08 Å². The van der Waals surface area contributed by atoms with E-state index in [2.05, 4.69) is 5.32 Å². The molecule has 0 heterocycles. The predicted octanol–water partition coefficient (Wildman–Crippen LogP) is 4.98. The van der Waals surface area contributed by atoms with Crippen LogP contribution in [0.2, 0.25) is 0 Å². The van der Waals surface area contributed by atoms with E-state index < -0.39 is 0 Å². The zero-order valence-electron chi connectivity index (χ0n) is 16.1. The summed E-state index contributed by atoms with van der Waals surface area (Å²) in [7, 11) is 3.96. The molecule has 3 aromatic carbocycles. The van der Waals surface area contributed by atoms with E-state index in [4.69, 9.17) is 4.74 Å². The lowest BCUT2D eigenvalue weighted by Crippen LogP contribution is -2.10. The van der Waals surface area contributed by atoms with Crippen LogP contribution in [-0.2, 0) is 11.4 Å². The second-order valence-electron chi connectivity index (χ2n) is 6.61. The third-order valence-electron chi connectivity index (χ3n) is 4.18. The van der Waals surface area contributed by atoms with Crippen molar-refractivity contribution in [3.05, 3.63) is 96.1 Å². The number of nitrogens with one attached hydrogen (secondary N) is 1. The minimum Gasteiger partial charge on any atom is -0.489 e. The summed E-state index contributed by atoms with van der Waals surface area (Å²) in [5, 5.41) is 2.86. The fourth-order valence-corrected chi connectivity index (χ4v) is 2.65. The van der Waals surface area contributed by atoms with Crippen LogP contribution in [0.4, 0.5) is 11.4 Å². The average Bonchev–Trinajstić information content (AvgIpc) is 2.72. The molecule has 0 aromatic heterocycles. The third kappa shape index (κ3) is 5.74. The average molecular weight is 372 g/mol. The molecular weight excluding hydrogens is 348 g/mol. The first kappa shape index (κ1) is 19.2. The molecule has 0 spiro atoms. The number of amides is 1. The van der Waals surface area contributed by atoms with Crippen molar-refractivity contribution in [3.8, 4) is 5.75 Å². The molecule has 0 bridgehead atoms. The molecule has 4 nitrogen and oxygen atoms in total. The number of anilines is 2. The number of benzene rings is 3. The first-order chi connectivity index (χ1) is 13.6. The molecule has 0 saturated carbocycles. The van der Waals surface area contributed by atoms with Crippen LogP contribution < -0.4 is 15.0 Å². The molecule has 3 rings (SSSR count). The van der Waals surface area contributed by atoms with Crippen LogP contribution in [-0.4, -0.2) is 20.0 Å². The summed E-state index contributed by atoms with van der Waals surface area (Å²) in [6, 6.07) is 25.4. The Morgan fingerprint density at radius 2 is 1.71 bits per heavy atom. The zero-order valence-corrected chi connectivity index (χ0v) is 16.1. The molecule has 3 aromatic rings. The zero-order chi connectivity index (χ0) is 19.8. The van der Waals surface area contributed by atoms with Crippen LogP contribution in [0.15, 0.2) is 84.9 Å². The lowest BCUT2D eigenvalue weighted by atomic mass is 10.2. The molecule has 0 atom stereocenters. The fraction of sp³-hybridized carbons (Fsp3) is 0.125. The summed E-state index contributed by atoms with van der Waals surface area (Å²) >= 11 is 0. The van der Waals surface area contributed by atoms with Crippen molar-refractivity contribution in [2.24, 2.45) is 0 Å². The Hall–Kier alpha value is -3.53. The van der Waals surface area contributed by atoms with Gasteiger partial charge in [-0.05, 0) is 53.6 Å². The lowest BCUT2D eigenvalue weighted by Gasteiger charge is -2.12. The maximum Gasteiger partial charge on any atom is 0.248 e. The lowest BCUT2D eigenvalue weighted by molar-refractivity contribution is -0.111. The van der Waals surface area contributed by atoms with Gasteiger partial charge in [0, 0.05) is 31.5 Å². The van der Waals surface area contributed by atoms with Crippen molar-refractivity contribution in [2.45, 2.75) is 6.61 Å². The van der Waals surface area contributed by atoms with Gasteiger partial charge in [-0.3, -0.25) is 4.79 Å². The molecule has 4 heteroatoms. The number of hydrogen-bond donors (Lipinski definition) is 1. The van der Waals surface area contributed by atoms with Crippen LogP contribution in [0.1, 0.15) is 11.1 Å². The number of nitrogens with zero attached hydrogens (tertiary/aromatic N) is 1. The molecule has 0 radical (unpaired) electrons. The molecule has 0 saturated heterocycles. The minimum atomic E-state index is -0.173. The van der Waals surface area contributed by atoms with E-state index in [1.807, 2.05) is 97.9 Å². The highest BCUT2D eigenvalue weighted by Crippen LogP contribution is 2.17. The van der Waals surface area contributed by atoms with Gasteiger partial charge in [0.25, 0.3) is 0 Å². The number of rotatable bonds is 7. The Morgan fingerprint density at radius 3 is 2.43 bits per heavy atom. The molecule has 0 aliphatic rings. The second-order valence-corrected chi connectivity index (χ2v) is 6.61. The second kappa shape index (κ2) is 9.42. The Bertz CT molecular complexity index is 932. The van der Waals surface area contributed by atoms with Gasteiger partial charge in [0.2, 0.25) is 5.91 Å². The maximum absolute atomic E-state index is 12.2.